The van der Waals surface area contributed by atoms with E-state index in [2.05, 4.69) is 0 Å². The molecular weight excluding hydrogens is 172 g/mol. The molecule has 0 radical (unpaired) electrons. The number of imide groups is 1. The summed E-state index contributed by atoms with van der Waals surface area (Å²) in [6, 6.07) is 0. The molecule has 1 aliphatic heterocycles. The van der Waals surface area contributed by atoms with E-state index in [0.29, 0.717) is 0 Å². The topological polar surface area (TPSA) is 78.3 Å². The Bertz CT molecular complexity index is 312. The molecule has 13 heavy (non-hydrogen) atoms. The van der Waals surface area contributed by atoms with Crippen LogP contribution in [0, 0.1) is 5.41 Å². The van der Waals surface area contributed by atoms with Crippen molar-refractivity contribution in [3.8, 4) is 0 Å². The number of carbonyl (C=O) groups excluding carboxylic acids is 3. The van der Waals surface area contributed by atoms with Gasteiger partial charge in [-0.2, -0.15) is 0 Å². The predicted octanol–water partition coefficient (Wildman–Crippen LogP) is -0.480. The van der Waals surface area contributed by atoms with Crippen LogP contribution in [0.4, 0.5) is 0 Å². The first-order valence-corrected chi connectivity index (χ1v) is 3.64. The van der Waals surface area contributed by atoms with Gasteiger partial charge in [-0.3, -0.25) is 19.3 Å². The molecule has 0 aromatic rings. The van der Waals surface area contributed by atoms with Gasteiger partial charge in [-0.05, 0) is 6.92 Å². The second kappa shape index (κ2) is 3.30. The lowest BCUT2D eigenvalue weighted by Crippen LogP contribution is -2.36. The third kappa shape index (κ3) is 1.87. The maximum absolute atomic E-state index is 11.0. The minimum Gasteiger partial charge on any atom is -0.302 e. The van der Waals surface area contributed by atoms with E-state index in [4.69, 9.17) is 5.41 Å². The van der Waals surface area contributed by atoms with Crippen LogP contribution in [0.15, 0.2) is 12.2 Å². The summed E-state index contributed by atoms with van der Waals surface area (Å²) in [4.78, 5) is 33.7. The molecule has 0 atom stereocenters. The fourth-order valence-corrected chi connectivity index (χ4v) is 0.849. The minimum atomic E-state index is -0.523. The van der Waals surface area contributed by atoms with Crippen molar-refractivity contribution in [3.63, 3.8) is 0 Å². The van der Waals surface area contributed by atoms with Gasteiger partial charge in [0.15, 0.2) is 5.78 Å². The number of hydrogen-bond donors (Lipinski definition) is 1. The molecule has 1 aliphatic rings. The van der Waals surface area contributed by atoms with Crippen LogP contribution in [0.5, 0.6) is 0 Å². The Hall–Kier alpha value is -1.78. The van der Waals surface area contributed by atoms with Crippen molar-refractivity contribution in [2.45, 2.75) is 6.92 Å². The van der Waals surface area contributed by atoms with Crippen LogP contribution in [0.25, 0.3) is 0 Å². The van der Waals surface area contributed by atoms with Gasteiger partial charge in [0.1, 0.15) is 0 Å². The summed E-state index contributed by atoms with van der Waals surface area (Å²) in [5, 5.41) is 6.98. The number of rotatable bonds is 3. The Morgan fingerprint density at radius 2 is 1.85 bits per heavy atom. The van der Waals surface area contributed by atoms with Crippen LogP contribution in [-0.4, -0.2) is 34.8 Å². The summed E-state index contributed by atoms with van der Waals surface area (Å²) < 4.78 is 0. The fraction of sp³-hybridized carbons (Fsp3) is 0.250. The average molecular weight is 180 g/mol. The van der Waals surface area contributed by atoms with E-state index in [-0.39, 0.29) is 12.3 Å². The monoisotopic (exact) mass is 180 g/mol. The largest absolute Gasteiger partial charge is 0.302 e. The Morgan fingerprint density at radius 1 is 1.38 bits per heavy atom. The molecule has 1 heterocycles. The highest BCUT2D eigenvalue weighted by Gasteiger charge is 2.25. The summed E-state index contributed by atoms with van der Waals surface area (Å²) in [7, 11) is 0. The van der Waals surface area contributed by atoms with Crippen molar-refractivity contribution in [2.75, 3.05) is 6.54 Å². The van der Waals surface area contributed by atoms with Crippen LogP contribution in [-0.2, 0) is 14.4 Å². The third-order valence-corrected chi connectivity index (χ3v) is 1.62. The summed E-state index contributed by atoms with van der Waals surface area (Å²) >= 11 is 0. The Labute approximate surface area is 74.5 Å². The molecule has 5 heteroatoms. The maximum Gasteiger partial charge on any atom is 0.254 e. The van der Waals surface area contributed by atoms with Crippen molar-refractivity contribution in [3.05, 3.63) is 12.2 Å². The standard InChI is InChI=1S/C8H8N2O3/c1-5(9)6(11)4-10-7(12)2-3-8(10)13/h2-3,9H,4H2,1H3. The highest BCUT2D eigenvalue weighted by atomic mass is 16.2. The van der Waals surface area contributed by atoms with E-state index in [1.807, 2.05) is 0 Å². The van der Waals surface area contributed by atoms with Crippen LogP contribution in [0.1, 0.15) is 6.92 Å². The van der Waals surface area contributed by atoms with Gasteiger partial charge < -0.3 is 5.41 Å². The molecule has 0 spiro atoms. The maximum atomic E-state index is 11.0. The van der Waals surface area contributed by atoms with Gasteiger partial charge in [0, 0.05) is 12.2 Å². The van der Waals surface area contributed by atoms with Crippen LogP contribution in [0.3, 0.4) is 0 Å². The Balaban J connectivity index is 2.66. The van der Waals surface area contributed by atoms with E-state index in [1.165, 1.54) is 6.92 Å². The van der Waals surface area contributed by atoms with E-state index in [1.54, 1.807) is 0 Å². The molecule has 5 nitrogen and oxygen atoms in total. The van der Waals surface area contributed by atoms with Gasteiger partial charge in [-0.1, -0.05) is 0 Å². The predicted molar refractivity (Wildman–Crippen MR) is 44.3 cm³/mol. The molecule has 0 saturated carbocycles. The van der Waals surface area contributed by atoms with Crippen molar-refractivity contribution in [2.24, 2.45) is 0 Å². The number of ketones is 1. The normalized spacial score (nSPS) is 15.3. The molecule has 0 aromatic carbocycles. The molecule has 0 aromatic heterocycles. The minimum absolute atomic E-state index is 0.160. The van der Waals surface area contributed by atoms with E-state index in [9.17, 15) is 14.4 Å². The van der Waals surface area contributed by atoms with Gasteiger partial charge in [-0.15, -0.1) is 0 Å². The van der Waals surface area contributed by atoms with Gasteiger partial charge >= 0.3 is 0 Å². The first-order valence-electron chi connectivity index (χ1n) is 3.64. The SMILES string of the molecule is CC(=N)C(=O)CN1C(=O)C=CC1=O. The molecular formula is C8H8N2O3. The highest BCUT2D eigenvalue weighted by molar-refractivity contribution is 6.39. The third-order valence-electron chi connectivity index (χ3n) is 1.62. The molecule has 0 saturated heterocycles. The van der Waals surface area contributed by atoms with E-state index >= 15 is 0 Å². The number of amides is 2. The second-order valence-electron chi connectivity index (χ2n) is 2.64. The average Bonchev–Trinajstić information content (AvgIpc) is 2.35. The Kier molecular flexibility index (Phi) is 2.36. The first kappa shape index (κ1) is 9.31. The van der Waals surface area contributed by atoms with Gasteiger partial charge in [0.25, 0.3) is 11.8 Å². The van der Waals surface area contributed by atoms with Crippen molar-refractivity contribution >= 4 is 23.3 Å². The zero-order valence-electron chi connectivity index (χ0n) is 7.03. The van der Waals surface area contributed by atoms with Crippen molar-refractivity contribution < 1.29 is 14.4 Å². The highest BCUT2D eigenvalue weighted by Crippen LogP contribution is 2.02. The number of Topliss-reactive ketones (excluding diaryl/α,β-unsaturated/α-hetero) is 1. The van der Waals surface area contributed by atoms with Crippen LogP contribution >= 0.6 is 0 Å². The quantitative estimate of drug-likeness (QED) is 0.470. The zero-order valence-corrected chi connectivity index (χ0v) is 7.03. The summed E-state index contributed by atoms with van der Waals surface area (Å²) in [5.41, 5.74) is -0.160. The smallest absolute Gasteiger partial charge is 0.254 e. The fourth-order valence-electron chi connectivity index (χ4n) is 0.849. The lowest BCUT2D eigenvalue weighted by molar-refractivity contribution is -0.139. The van der Waals surface area contributed by atoms with Crippen LogP contribution < -0.4 is 0 Å². The van der Waals surface area contributed by atoms with E-state index in [0.717, 1.165) is 17.1 Å². The summed E-state index contributed by atoms with van der Waals surface area (Å²) in [5.74, 6) is -1.52. The van der Waals surface area contributed by atoms with Gasteiger partial charge in [-0.25, -0.2) is 0 Å². The lowest BCUT2D eigenvalue weighted by atomic mass is 10.2. The molecule has 0 unspecified atom stereocenters. The lowest BCUT2D eigenvalue weighted by Gasteiger charge is -2.11. The second-order valence-corrected chi connectivity index (χ2v) is 2.64. The Morgan fingerprint density at radius 3 is 2.23 bits per heavy atom. The molecule has 0 fully saturated rings. The molecule has 68 valence electrons. The molecule has 1 N–H and O–H groups in total. The van der Waals surface area contributed by atoms with Gasteiger partial charge in [0.2, 0.25) is 0 Å². The molecule has 0 aliphatic carbocycles. The van der Waals surface area contributed by atoms with Gasteiger partial charge in [0.05, 0.1) is 12.3 Å². The molecule has 0 bridgehead atoms. The number of carbonyl (C=O) groups is 3. The molecule has 2 amide bonds. The number of nitrogens with zero attached hydrogens (tertiary/aromatic N) is 1. The van der Waals surface area contributed by atoms with Crippen LogP contribution in [0.2, 0.25) is 0 Å². The number of nitrogens with one attached hydrogen (secondary N) is 1. The first-order chi connectivity index (χ1) is 6.02. The summed E-state index contributed by atoms with van der Waals surface area (Å²) in [6.45, 7) is 0.987. The van der Waals surface area contributed by atoms with Crippen molar-refractivity contribution in [1.82, 2.24) is 4.90 Å². The zero-order chi connectivity index (χ0) is 10.0. The number of hydrogen-bond acceptors (Lipinski definition) is 4. The summed E-state index contributed by atoms with van der Waals surface area (Å²) in [6.07, 6.45) is 2.21. The van der Waals surface area contributed by atoms with E-state index < -0.39 is 17.6 Å². The molecule has 1 rings (SSSR count). The van der Waals surface area contributed by atoms with Crippen molar-refractivity contribution in [1.29, 1.82) is 5.41 Å².